The second-order valence-corrected chi connectivity index (χ2v) is 10.5. The number of carbonyl (C=O) groups is 2. The van der Waals surface area contributed by atoms with Crippen LogP contribution in [0.2, 0.25) is 0 Å². The molecule has 1 fully saturated rings. The minimum Gasteiger partial charge on any atom is -0.392 e. The van der Waals surface area contributed by atoms with E-state index < -0.39 is 0 Å². The molecule has 0 saturated heterocycles. The van der Waals surface area contributed by atoms with Gasteiger partial charge in [0.1, 0.15) is 12.6 Å². The summed E-state index contributed by atoms with van der Waals surface area (Å²) in [6, 6.07) is 9.57. The van der Waals surface area contributed by atoms with Crippen LogP contribution in [0.3, 0.4) is 0 Å². The monoisotopic (exact) mass is 530 g/mol. The van der Waals surface area contributed by atoms with Crippen LogP contribution in [0.15, 0.2) is 48.6 Å². The van der Waals surface area contributed by atoms with E-state index in [-0.39, 0.29) is 12.2 Å². The van der Waals surface area contributed by atoms with Gasteiger partial charge < -0.3 is 14.6 Å². The number of hydrogen-bond donors (Lipinski definition) is 1. The fourth-order valence-electron chi connectivity index (χ4n) is 4.72. The molecule has 0 unspecified atom stereocenters. The van der Waals surface area contributed by atoms with Gasteiger partial charge in [-0.3, -0.25) is 9.59 Å². The first-order chi connectivity index (χ1) is 18.3. The summed E-state index contributed by atoms with van der Waals surface area (Å²) in [4.78, 5) is 18.9. The first kappa shape index (κ1) is 35.9. The Morgan fingerprint density at radius 3 is 1.92 bits per heavy atom. The Morgan fingerprint density at radius 2 is 1.53 bits per heavy atom. The molecule has 1 N–H and O–H groups in total. The van der Waals surface area contributed by atoms with Crippen molar-refractivity contribution in [3.63, 3.8) is 0 Å². The van der Waals surface area contributed by atoms with Gasteiger partial charge in [-0.25, -0.2) is 0 Å². The summed E-state index contributed by atoms with van der Waals surface area (Å²) < 4.78 is 10.6. The number of ether oxygens (including phenoxy) is 2. The van der Waals surface area contributed by atoms with Crippen molar-refractivity contribution in [2.75, 3.05) is 34.0 Å². The topological polar surface area (TPSA) is 72.8 Å². The lowest BCUT2D eigenvalue weighted by Gasteiger charge is -2.31. The molecular weight excluding hydrogens is 476 g/mol. The van der Waals surface area contributed by atoms with Crippen molar-refractivity contribution >= 4 is 12.6 Å². The van der Waals surface area contributed by atoms with E-state index in [1.165, 1.54) is 76.2 Å². The molecule has 1 aromatic rings. The van der Waals surface area contributed by atoms with Crippen LogP contribution in [-0.4, -0.2) is 51.7 Å². The normalized spacial score (nSPS) is 16.5. The minimum absolute atomic E-state index is 0.218. The number of rotatable bonds is 16. The molecule has 5 nitrogen and oxygen atoms in total. The maximum atomic E-state index is 9.48. The van der Waals surface area contributed by atoms with Crippen molar-refractivity contribution in [2.45, 2.75) is 90.4 Å². The van der Waals surface area contributed by atoms with E-state index in [2.05, 4.69) is 44.3 Å². The van der Waals surface area contributed by atoms with E-state index >= 15 is 0 Å². The Balaban J connectivity index is 0.00000104. The van der Waals surface area contributed by atoms with Crippen molar-refractivity contribution in [2.24, 2.45) is 11.8 Å². The van der Waals surface area contributed by atoms with Crippen molar-refractivity contribution in [3.8, 4) is 0 Å². The Labute approximate surface area is 232 Å². The Hall–Kier alpha value is -2.08. The number of aliphatic hydroxyl groups is 1. The van der Waals surface area contributed by atoms with Crippen LogP contribution in [-0.2, 0) is 25.5 Å². The summed E-state index contributed by atoms with van der Waals surface area (Å²) in [7, 11) is 3.63. The second kappa shape index (κ2) is 24.0. The molecule has 0 radical (unpaired) electrons. The lowest BCUT2D eigenvalue weighted by atomic mass is 9.75. The third kappa shape index (κ3) is 18.2. The zero-order valence-electron chi connectivity index (χ0n) is 24.6. The highest BCUT2D eigenvalue weighted by molar-refractivity contribution is 5.72. The van der Waals surface area contributed by atoms with Crippen molar-refractivity contribution in [3.05, 3.63) is 59.7 Å². The zero-order chi connectivity index (χ0) is 28.6. The van der Waals surface area contributed by atoms with Gasteiger partial charge in [-0.15, -0.1) is 0 Å². The standard InChI is InChI=1S/C25H42O2.C4H6O2.C4H6O/c1-4-5-6-7-21-8-12-24(13-9-21)25-14-10-22(11-15-25)20-23(16-18-26-2)17-19-27-3;1-4(2-5)3-6;1-4(2)3-5/h8-9,12-13,22-23,25H,4-7,10-11,14-20H2,1-3H3;2,6H,1,3H2;3H,1H2,2H3. The van der Waals surface area contributed by atoms with Gasteiger partial charge in [-0.05, 0) is 99.2 Å². The molecule has 38 heavy (non-hydrogen) atoms. The number of carbonyl (C=O) groups excluding carboxylic acids is 2. The molecule has 0 bridgehead atoms. The van der Waals surface area contributed by atoms with Crippen LogP contribution < -0.4 is 0 Å². The van der Waals surface area contributed by atoms with Crippen LogP contribution in [0.1, 0.15) is 95.1 Å². The van der Waals surface area contributed by atoms with Gasteiger partial charge in [0.25, 0.3) is 0 Å². The molecule has 1 aromatic carbocycles. The number of aryl methyl sites for hydroxylation is 1. The number of allylic oxidation sites excluding steroid dienone is 1. The highest BCUT2D eigenvalue weighted by Gasteiger charge is 2.24. The van der Waals surface area contributed by atoms with Crippen LogP contribution in [0, 0.1) is 11.8 Å². The summed E-state index contributed by atoms with van der Waals surface area (Å²) in [5, 5.41) is 8.00. The number of hydrogen-bond acceptors (Lipinski definition) is 5. The van der Waals surface area contributed by atoms with E-state index in [0.717, 1.165) is 37.3 Å². The highest BCUT2D eigenvalue weighted by Crippen LogP contribution is 2.39. The van der Waals surface area contributed by atoms with Gasteiger partial charge in [0.05, 0.1) is 6.61 Å². The molecule has 0 amide bonds. The average Bonchev–Trinajstić information content (AvgIpc) is 2.95. The van der Waals surface area contributed by atoms with Crippen molar-refractivity contribution in [1.82, 2.24) is 0 Å². The SMILES string of the molecule is C=C(C)C=O.C=C(C=O)CO.CCCCCc1ccc(C2CCC(CC(CCOC)CCOC)CC2)cc1. The maximum Gasteiger partial charge on any atom is 0.147 e. The van der Waals surface area contributed by atoms with Crippen LogP contribution in [0.4, 0.5) is 0 Å². The predicted molar refractivity (Wildman–Crippen MR) is 159 cm³/mol. The third-order valence-electron chi connectivity index (χ3n) is 7.06. The summed E-state index contributed by atoms with van der Waals surface area (Å²) >= 11 is 0. The van der Waals surface area contributed by atoms with Crippen LogP contribution in [0.25, 0.3) is 0 Å². The summed E-state index contributed by atoms with van der Waals surface area (Å²) in [5.41, 5.74) is 3.88. The van der Waals surface area contributed by atoms with E-state index in [1.54, 1.807) is 12.5 Å². The minimum atomic E-state index is -0.233. The lowest BCUT2D eigenvalue weighted by molar-refractivity contribution is -0.105. The molecule has 1 saturated carbocycles. The Bertz CT molecular complexity index is 739. The predicted octanol–water partition coefficient (Wildman–Crippen LogP) is 7.27. The fourth-order valence-corrected chi connectivity index (χ4v) is 4.72. The molecule has 1 aliphatic rings. The average molecular weight is 531 g/mol. The number of methoxy groups -OCH3 is 2. The van der Waals surface area contributed by atoms with Gasteiger partial charge in [-0.1, -0.05) is 57.2 Å². The van der Waals surface area contributed by atoms with E-state index in [9.17, 15) is 9.59 Å². The quantitative estimate of drug-likeness (QED) is 0.138. The highest BCUT2D eigenvalue weighted by atomic mass is 16.5. The first-order valence-electron chi connectivity index (χ1n) is 14.3. The molecule has 5 heteroatoms. The second-order valence-electron chi connectivity index (χ2n) is 10.5. The summed E-state index contributed by atoms with van der Waals surface area (Å²) in [6.45, 7) is 11.9. The number of benzene rings is 1. The Morgan fingerprint density at radius 1 is 0.974 bits per heavy atom. The van der Waals surface area contributed by atoms with Crippen LogP contribution >= 0.6 is 0 Å². The fraction of sp³-hybridized carbons (Fsp3) is 0.636. The third-order valence-corrected chi connectivity index (χ3v) is 7.06. The number of aldehydes is 2. The molecule has 0 aliphatic heterocycles. The molecule has 0 atom stereocenters. The zero-order valence-corrected chi connectivity index (χ0v) is 24.6. The summed E-state index contributed by atoms with van der Waals surface area (Å²) in [5.74, 6) is 2.43. The maximum absolute atomic E-state index is 9.48. The van der Waals surface area contributed by atoms with Gasteiger partial charge in [-0.2, -0.15) is 0 Å². The molecule has 0 heterocycles. The number of unbranched alkanes of at least 4 members (excludes halogenated alkanes) is 2. The molecule has 216 valence electrons. The molecule has 2 rings (SSSR count). The largest absolute Gasteiger partial charge is 0.392 e. The van der Waals surface area contributed by atoms with E-state index in [0.29, 0.717) is 11.9 Å². The lowest BCUT2D eigenvalue weighted by Crippen LogP contribution is -2.18. The van der Waals surface area contributed by atoms with Crippen molar-refractivity contribution < 1.29 is 24.2 Å². The van der Waals surface area contributed by atoms with Gasteiger partial charge >= 0.3 is 0 Å². The van der Waals surface area contributed by atoms with Gasteiger partial charge in [0.2, 0.25) is 0 Å². The van der Waals surface area contributed by atoms with Gasteiger partial charge in [0, 0.05) is 33.0 Å². The number of aliphatic hydroxyl groups excluding tert-OH is 1. The molecular formula is C33H54O5. The summed E-state index contributed by atoms with van der Waals surface area (Å²) in [6.07, 6.45) is 15.7. The smallest absolute Gasteiger partial charge is 0.147 e. The molecule has 1 aliphatic carbocycles. The van der Waals surface area contributed by atoms with Crippen molar-refractivity contribution in [1.29, 1.82) is 0 Å². The van der Waals surface area contributed by atoms with Crippen LogP contribution in [0.5, 0.6) is 0 Å². The van der Waals surface area contributed by atoms with E-state index in [4.69, 9.17) is 14.6 Å². The Kier molecular flexibility index (Phi) is 22.7. The molecule has 0 aromatic heterocycles. The van der Waals surface area contributed by atoms with Gasteiger partial charge in [0.15, 0.2) is 0 Å². The van der Waals surface area contributed by atoms with E-state index in [1.807, 2.05) is 14.2 Å². The first-order valence-corrected chi connectivity index (χ1v) is 14.3. The molecule has 0 spiro atoms.